The largest absolute Gasteiger partial charge is 0.494 e. The van der Waals surface area contributed by atoms with E-state index in [-0.39, 0.29) is 5.11 Å². The second-order valence-corrected chi connectivity index (χ2v) is 8.95. The van der Waals surface area contributed by atoms with Gasteiger partial charge in [-0.15, -0.1) is 10.2 Å². The standard InChI is InChI=1S/C28H22ClN5O3S/c1-2-36-22-10-8-21(9-11-22)34-32-24-14-7-20(17-25(24)33-34)30-28(38)31-27(35)16-13-23-12-15-26(37-23)18-3-5-19(29)6-4-18/h3-17H,2H2,1H3,(H2,30,31,35,38). The summed E-state index contributed by atoms with van der Waals surface area (Å²) in [5.41, 5.74) is 3.76. The lowest BCUT2D eigenvalue weighted by Crippen LogP contribution is -2.32. The summed E-state index contributed by atoms with van der Waals surface area (Å²) in [6.07, 6.45) is 2.92. The molecule has 2 aromatic heterocycles. The van der Waals surface area contributed by atoms with Crippen LogP contribution < -0.4 is 15.4 Å². The number of nitrogens with zero attached hydrogens (tertiary/aromatic N) is 3. The van der Waals surface area contributed by atoms with Crippen LogP contribution in [0.25, 0.3) is 34.1 Å². The minimum atomic E-state index is -0.394. The van der Waals surface area contributed by atoms with Crippen molar-refractivity contribution in [2.24, 2.45) is 0 Å². The van der Waals surface area contributed by atoms with E-state index in [1.165, 1.54) is 6.08 Å². The van der Waals surface area contributed by atoms with E-state index in [4.69, 9.17) is 33.0 Å². The number of amides is 1. The van der Waals surface area contributed by atoms with E-state index >= 15 is 0 Å². The molecule has 0 saturated carbocycles. The Morgan fingerprint density at radius 2 is 1.79 bits per heavy atom. The average molecular weight is 544 g/mol. The lowest BCUT2D eigenvalue weighted by atomic mass is 10.2. The zero-order chi connectivity index (χ0) is 26.5. The normalized spacial score (nSPS) is 11.1. The van der Waals surface area contributed by atoms with Crippen molar-refractivity contribution in [1.29, 1.82) is 0 Å². The number of ether oxygens (including phenoxy) is 1. The number of furan rings is 1. The van der Waals surface area contributed by atoms with Gasteiger partial charge in [0.1, 0.15) is 28.3 Å². The van der Waals surface area contributed by atoms with Crippen LogP contribution in [0.4, 0.5) is 5.69 Å². The average Bonchev–Trinajstić information content (AvgIpc) is 3.56. The van der Waals surface area contributed by atoms with Crippen molar-refractivity contribution in [3.63, 3.8) is 0 Å². The molecule has 0 saturated heterocycles. The van der Waals surface area contributed by atoms with E-state index in [2.05, 4.69) is 20.8 Å². The van der Waals surface area contributed by atoms with Gasteiger partial charge in [-0.05, 0) is 104 Å². The Kier molecular flexibility index (Phi) is 7.48. The molecule has 0 fully saturated rings. The van der Waals surface area contributed by atoms with Gasteiger partial charge >= 0.3 is 0 Å². The predicted molar refractivity (Wildman–Crippen MR) is 153 cm³/mol. The Labute approximate surface area is 228 Å². The van der Waals surface area contributed by atoms with Gasteiger partial charge in [-0.3, -0.25) is 10.1 Å². The van der Waals surface area contributed by atoms with Gasteiger partial charge in [-0.2, -0.15) is 4.80 Å². The van der Waals surface area contributed by atoms with Crippen molar-refractivity contribution in [3.8, 4) is 22.8 Å². The monoisotopic (exact) mass is 543 g/mol. The number of halogens is 1. The second kappa shape index (κ2) is 11.3. The number of fused-ring (bicyclic) bond motifs is 1. The van der Waals surface area contributed by atoms with Crippen LogP contribution in [0.1, 0.15) is 12.7 Å². The molecule has 1 amide bonds. The first-order valence-electron chi connectivity index (χ1n) is 11.7. The third kappa shape index (κ3) is 6.08. The number of hydrogen-bond acceptors (Lipinski definition) is 6. The van der Waals surface area contributed by atoms with Gasteiger partial charge in [0.2, 0.25) is 5.91 Å². The van der Waals surface area contributed by atoms with Crippen LogP contribution in [0.15, 0.2) is 89.4 Å². The van der Waals surface area contributed by atoms with Gasteiger partial charge in [0.05, 0.1) is 12.3 Å². The Morgan fingerprint density at radius 1 is 1.03 bits per heavy atom. The fourth-order valence-corrected chi connectivity index (χ4v) is 3.98. The molecule has 2 N–H and O–H groups in total. The number of benzene rings is 3. The van der Waals surface area contributed by atoms with Gasteiger partial charge in [0, 0.05) is 22.3 Å². The van der Waals surface area contributed by atoms with Gasteiger partial charge in [0.25, 0.3) is 0 Å². The van der Waals surface area contributed by atoms with Crippen LogP contribution in [0.2, 0.25) is 5.02 Å². The quantitative estimate of drug-likeness (QED) is 0.185. The van der Waals surface area contributed by atoms with Gasteiger partial charge < -0.3 is 14.5 Å². The molecule has 0 aliphatic heterocycles. The first kappa shape index (κ1) is 25.2. The molecule has 0 radical (unpaired) electrons. The molecule has 5 aromatic rings. The number of carbonyl (C=O) groups is 1. The fourth-order valence-electron chi connectivity index (χ4n) is 3.64. The summed E-state index contributed by atoms with van der Waals surface area (Å²) in [5, 5.41) is 15.5. The number of thiocarbonyl (C=S) groups is 1. The molecule has 10 heteroatoms. The summed E-state index contributed by atoms with van der Waals surface area (Å²) >= 11 is 11.2. The van der Waals surface area contributed by atoms with Crippen molar-refractivity contribution in [3.05, 3.63) is 95.7 Å². The molecule has 0 aliphatic rings. The molecule has 8 nitrogen and oxygen atoms in total. The summed E-state index contributed by atoms with van der Waals surface area (Å²) in [7, 11) is 0. The molecular weight excluding hydrogens is 522 g/mol. The number of hydrogen-bond donors (Lipinski definition) is 2. The molecule has 190 valence electrons. The maximum Gasteiger partial charge on any atom is 0.250 e. The minimum Gasteiger partial charge on any atom is -0.494 e. The van der Waals surface area contributed by atoms with E-state index < -0.39 is 5.91 Å². The highest BCUT2D eigenvalue weighted by molar-refractivity contribution is 7.80. The van der Waals surface area contributed by atoms with E-state index in [1.54, 1.807) is 29.1 Å². The Balaban J connectivity index is 1.18. The lowest BCUT2D eigenvalue weighted by molar-refractivity contribution is -0.115. The maximum absolute atomic E-state index is 12.4. The van der Waals surface area contributed by atoms with Crippen molar-refractivity contribution < 1.29 is 13.9 Å². The first-order chi connectivity index (χ1) is 18.5. The van der Waals surface area contributed by atoms with Gasteiger partial charge in [0.15, 0.2) is 5.11 Å². The maximum atomic E-state index is 12.4. The van der Waals surface area contributed by atoms with Crippen LogP contribution in [0, 0.1) is 0 Å². The lowest BCUT2D eigenvalue weighted by Gasteiger charge is -2.07. The van der Waals surface area contributed by atoms with Crippen molar-refractivity contribution in [2.45, 2.75) is 6.92 Å². The van der Waals surface area contributed by atoms with Crippen LogP contribution in [-0.2, 0) is 4.79 Å². The van der Waals surface area contributed by atoms with E-state index in [0.717, 1.165) is 22.5 Å². The summed E-state index contributed by atoms with van der Waals surface area (Å²) in [6, 6.07) is 23.9. The highest BCUT2D eigenvalue weighted by Crippen LogP contribution is 2.24. The third-order valence-corrected chi connectivity index (χ3v) is 5.86. The minimum absolute atomic E-state index is 0.152. The molecule has 0 bridgehead atoms. The zero-order valence-corrected chi connectivity index (χ0v) is 21.8. The summed E-state index contributed by atoms with van der Waals surface area (Å²) < 4.78 is 11.3. The predicted octanol–water partition coefficient (Wildman–Crippen LogP) is 6.26. The topological polar surface area (TPSA) is 94.2 Å². The zero-order valence-electron chi connectivity index (χ0n) is 20.2. The third-order valence-electron chi connectivity index (χ3n) is 5.41. The number of carbonyl (C=O) groups excluding carboxylic acids is 1. The molecule has 0 spiro atoms. The van der Waals surface area contributed by atoms with Crippen molar-refractivity contribution >= 4 is 57.6 Å². The molecule has 2 heterocycles. The number of aromatic nitrogens is 3. The SMILES string of the molecule is CCOc1ccc(-n2nc3ccc(NC(=S)NC(=O)C=Cc4ccc(-c5ccc(Cl)cc5)o4)cc3n2)cc1. The molecular formula is C28H22ClN5O3S. The summed E-state index contributed by atoms with van der Waals surface area (Å²) in [5.74, 6) is 1.60. The second-order valence-electron chi connectivity index (χ2n) is 8.11. The molecule has 38 heavy (non-hydrogen) atoms. The Morgan fingerprint density at radius 3 is 2.55 bits per heavy atom. The molecule has 0 unspecified atom stereocenters. The fraction of sp³-hybridized carbons (Fsp3) is 0.0714. The first-order valence-corrected chi connectivity index (χ1v) is 12.5. The van der Waals surface area contributed by atoms with Crippen LogP contribution >= 0.6 is 23.8 Å². The summed E-state index contributed by atoms with van der Waals surface area (Å²) in [4.78, 5) is 13.9. The van der Waals surface area contributed by atoms with Gasteiger partial charge in [-0.25, -0.2) is 0 Å². The van der Waals surface area contributed by atoms with E-state index in [9.17, 15) is 4.79 Å². The number of rotatable bonds is 7. The van der Waals surface area contributed by atoms with Crippen LogP contribution in [0.3, 0.4) is 0 Å². The van der Waals surface area contributed by atoms with Gasteiger partial charge in [-0.1, -0.05) is 11.6 Å². The molecule has 0 aliphatic carbocycles. The van der Waals surface area contributed by atoms with E-state index in [0.29, 0.717) is 34.4 Å². The Hall–Kier alpha value is -4.47. The van der Waals surface area contributed by atoms with Crippen LogP contribution in [0.5, 0.6) is 5.75 Å². The molecule has 3 aromatic carbocycles. The number of anilines is 1. The highest BCUT2D eigenvalue weighted by atomic mass is 35.5. The molecule has 0 atom stereocenters. The van der Waals surface area contributed by atoms with Crippen molar-refractivity contribution in [1.82, 2.24) is 20.3 Å². The Bertz CT molecular complexity index is 1620. The summed E-state index contributed by atoms with van der Waals surface area (Å²) in [6.45, 7) is 2.54. The number of nitrogens with one attached hydrogen (secondary N) is 2. The van der Waals surface area contributed by atoms with Crippen LogP contribution in [-0.4, -0.2) is 32.6 Å². The molecule has 5 rings (SSSR count). The van der Waals surface area contributed by atoms with E-state index in [1.807, 2.05) is 67.6 Å². The smallest absolute Gasteiger partial charge is 0.250 e. The van der Waals surface area contributed by atoms with Crippen molar-refractivity contribution in [2.75, 3.05) is 11.9 Å². The highest BCUT2D eigenvalue weighted by Gasteiger charge is 2.09.